The molecule has 1 aliphatic rings. The van der Waals surface area contributed by atoms with E-state index in [1.54, 1.807) is 0 Å². The number of rotatable bonds is 0. The summed E-state index contributed by atoms with van der Waals surface area (Å²) in [7, 11) is 0. The third-order valence-electron chi connectivity index (χ3n) is 0.858. The Labute approximate surface area is 68.2 Å². The molecule has 1 saturated heterocycles. The molecule has 5 nitrogen and oxygen atoms in total. The average Bonchev–Trinajstić information content (AvgIpc) is 2.13. The molecule has 0 aromatic rings. The van der Waals surface area contributed by atoms with Crippen LogP contribution >= 0.6 is 12.6 Å². The van der Waals surface area contributed by atoms with E-state index in [1.165, 1.54) is 0 Å². The fourth-order valence-corrected chi connectivity index (χ4v) is 0.508. The van der Waals surface area contributed by atoms with Gasteiger partial charge in [-0.05, 0) is 0 Å². The van der Waals surface area contributed by atoms with Crippen LogP contribution in [0.25, 0.3) is 0 Å². The first-order chi connectivity index (χ1) is 5.02. The Morgan fingerprint density at radius 1 is 1.36 bits per heavy atom. The van der Waals surface area contributed by atoms with E-state index >= 15 is 0 Å². The number of carbonyl (C=O) groups excluding carboxylic acids is 2. The van der Waals surface area contributed by atoms with E-state index in [0.717, 1.165) is 0 Å². The minimum absolute atomic E-state index is 0.148. The molecule has 0 spiro atoms. The molecule has 1 fully saturated rings. The topological polar surface area (TPSA) is 83.5 Å². The molecule has 11 heavy (non-hydrogen) atoms. The predicted molar refractivity (Wildman–Crippen MR) is 39.4 cm³/mol. The van der Waals surface area contributed by atoms with Crippen LogP contribution < -0.4 is 5.32 Å². The molecular weight excluding hydrogens is 170 g/mol. The number of hydrogen-bond acceptors (Lipinski definition) is 3. The zero-order valence-corrected chi connectivity index (χ0v) is 6.43. The summed E-state index contributed by atoms with van der Waals surface area (Å²) in [5, 5.41) is 8.28. The van der Waals surface area contributed by atoms with E-state index in [2.05, 4.69) is 17.9 Å². The Morgan fingerprint density at radius 2 is 1.64 bits per heavy atom. The molecule has 0 saturated carbocycles. The van der Waals surface area contributed by atoms with E-state index in [0.29, 0.717) is 12.8 Å². The molecule has 0 unspecified atom stereocenters. The monoisotopic (exact) mass is 177 g/mol. The summed E-state index contributed by atoms with van der Waals surface area (Å²) in [6, 6.07) is 0. The first-order valence-corrected chi connectivity index (χ1v) is 3.21. The van der Waals surface area contributed by atoms with Crippen molar-refractivity contribution >= 4 is 29.7 Å². The molecule has 0 radical (unpaired) electrons. The highest BCUT2D eigenvalue weighted by Crippen LogP contribution is 1.95. The van der Waals surface area contributed by atoms with Crippen LogP contribution in [0, 0.1) is 0 Å². The Hall–Kier alpha value is -1.04. The van der Waals surface area contributed by atoms with Crippen LogP contribution in [-0.2, 0) is 9.59 Å². The van der Waals surface area contributed by atoms with Gasteiger partial charge in [0, 0.05) is 12.8 Å². The van der Waals surface area contributed by atoms with Crippen LogP contribution in [0.1, 0.15) is 12.8 Å². The second kappa shape index (κ2) is 4.73. The molecule has 0 aromatic heterocycles. The summed E-state index contributed by atoms with van der Waals surface area (Å²) >= 11 is 2.88. The van der Waals surface area contributed by atoms with Crippen LogP contribution in [0.4, 0.5) is 4.79 Å². The minimum atomic E-state index is -1.14. The second-order valence-electron chi connectivity index (χ2n) is 1.75. The van der Waals surface area contributed by atoms with Crippen molar-refractivity contribution in [2.75, 3.05) is 0 Å². The van der Waals surface area contributed by atoms with E-state index in [9.17, 15) is 9.59 Å². The summed E-state index contributed by atoms with van der Waals surface area (Å²) in [4.78, 5) is 29.1. The molecule has 2 N–H and O–H groups in total. The molecule has 0 bridgehead atoms. The number of imide groups is 1. The van der Waals surface area contributed by atoms with Crippen molar-refractivity contribution in [2.45, 2.75) is 12.8 Å². The van der Waals surface area contributed by atoms with E-state index < -0.39 is 5.30 Å². The molecular formula is C5H7NO4S. The van der Waals surface area contributed by atoms with Gasteiger partial charge in [-0.1, -0.05) is 12.6 Å². The predicted octanol–water partition coefficient (Wildman–Crippen LogP) is 0.0172. The first kappa shape index (κ1) is 9.96. The zero-order chi connectivity index (χ0) is 8.85. The van der Waals surface area contributed by atoms with Gasteiger partial charge in [-0.25, -0.2) is 4.79 Å². The lowest BCUT2D eigenvalue weighted by molar-refractivity contribution is -0.124. The summed E-state index contributed by atoms with van der Waals surface area (Å²) < 4.78 is 0. The molecule has 1 aliphatic heterocycles. The maximum atomic E-state index is 10.1. The number of amides is 2. The molecule has 0 atom stereocenters. The van der Waals surface area contributed by atoms with Crippen LogP contribution in [0.15, 0.2) is 0 Å². The molecule has 0 aromatic carbocycles. The number of nitrogens with one attached hydrogen (secondary N) is 1. The van der Waals surface area contributed by atoms with Gasteiger partial charge in [0.15, 0.2) is 0 Å². The van der Waals surface area contributed by atoms with Gasteiger partial charge in [0.1, 0.15) is 0 Å². The molecule has 2 amide bonds. The van der Waals surface area contributed by atoms with Crippen LogP contribution in [0.3, 0.4) is 0 Å². The Kier molecular flexibility index (Phi) is 4.28. The van der Waals surface area contributed by atoms with Gasteiger partial charge < -0.3 is 5.11 Å². The van der Waals surface area contributed by atoms with Crippen LogP contribution in [-0.4, -0.2) is 22.2 Å². The van der Waals surface area contributed by atoms with Crippen molar-refractivity contribution in [2.24, 2.45) is 0 Å². The van der Waals surface area contributed by atoms with Gasteiger partial charge in [0.2, 0.25) is 11.8 Å². The Morgan fingerprint density at radius 3 is 1.73 bits per heavy atom. The zero-order valence-electron chi connectivity index (χ0n) is 5.53. The van der Waals surface area contributed by atoms with E-state index in [1.807, 2.05) is 0 Å². The highest BCUT2D eigenvalue weighted by Gasteiger charge is 2.15. The largest absolute Gasteiger partial charge is 0.473 e. The molecule has 62 valence electrons. The lowest BCUT2D eigenvalue weighted by atomic mass is 10.4. The first-order valence-electron chi connectivity index (χ1n) is 2.77. The summed E-state index contributed by atoms with van der Waals surface area (Å²) in [5.74, 6) is -0.296. The van der Waals surface area contributed by atoms with Gasteiger partial charge in [-0.3, -0.25) is 14.9 Å². The van der Waals surface area contributed by atoms with E-state index in [4.69, 9.17) is 9.90 Å². The third kappa shape index (κ3) is 6.85. The lowest BCUT2D eigenvalue weighted by Gasteiger charge is -1.79. The number of thiol groups is 1. The van der Waals surface area contributed by atoms with Gasteiger partial charge in [0.25, 0.3) is 0 Å². The summed E-state index contributed by atoms with van der Waals surface area (Å²) in [6.45, 7) is 0. The second-order valence-corrected chi connectivity index (χ2v) is 2.14. The molecule has 6 heteroatoms. The Balaban J connectivity index is 0.000000218. The molecule has 0 aliphatic carbocycles. The van der Waals surface area contributed by atoms with Crippen molar-refractivity contribution in [1.82, 2.24) is 5.32 Å². The van der Waals surface area contributed by atoms with Crippen molar-refractivity contribution in [1.29, 1.82) is 0 Å². The SMILES string of the molecule is O=C(O)S.O=C1CCC(=O)N1. The lowest BCUT2D eigenvalue weighted by Crippen LogP contribution is -2.18. The number of carbonyl (C=O) groups is 3. The Bertz CT molecular complexity index is 173. The quantitative estimate of drug-likeness (QED) is 0.359. The molecule has 1 heterocycles. The van der Waals surface area contributed by atoms with Crippen molar-refractivity contribution in [3.05, 3.63) is 0 Å². The van der Waals surface area contributed by atoms with Crippen LogP contribution in [0.2, 0.25) is 0 Å². The smallest absolute Gasteiger partial charge is 0.361 e. The standard InChI is InChI=1S/C4H5NO2.CH2O2S/c6-3-1-2-4(7)5-3;2-1(3)4/h1-2H2,(H,5,6,7);4H,(H,2,3). The third-order valence-corrected chi connectivity index (χ3v) is 0.858. The number of carboxylic acid groups (broad SMARTS) is 1. The summed E-state index contributed by atoms with van der Waals surface area (Å²) in [6.07, 6.45) is 0.748. The van der Waals surface area contributed by atoms with Gasteiger partial charge in [0.05, 0.1) is 0 Å². The normalized spacial score (nSPS) is 15.0. The van der Waals surface area contributed by atoms with Gasteiger partial charge in [-0.15, -0.1) is 0 Å². The minimum Gasteiger partial charge on any atom is -0.473 e. The maximum absolute atomic E-state index is 10.1. The van der Waals surface area contributed by atoms with Crippen LogP contribution in [0.5, 0.6) is 0 Å². The van der Waals surface area contributed by atoms with Crippen molar-refractivity contribution < 1.29 is 19.5 Å². The van der Waals surface area contributed by atoms with Crippen molar-refractivity contribution in [3.8, 4) is 0 Å². The highest BCUT2D eigenvalue weighted by molar-refractivity contribution is 7.96. The fraction of sp³-hybridized carbons (Fsp3) is 0.400. The number of hydrogen-bond donors (Lipinski definition) is 3. The van der Waals surface area contributed by atoms with Crippen molar-refractivity contribution in [3.63, 3.8) is 0 Å². The van der Waals surface area contributed by atoms with E-state index in [-0.39, 0.29) is 11.8 Å². The highest BCUT2D eigenvalue weighted by atomic mass is 32.1. The summed E-state index contributed by atoms with van der Waals surface area (Å²) in [5.41, 5.74) is 0. The van der Waals surface area contributed by atoms with Gasteiger partial charge >= 0.3 is 5.30 Å². The maximum Gasteiger partial charge on any atom is 0.361 e. The molecule has 1 rings (SSSR count). The van der Waals surface area contributed by atoms with Gasteiger partial charge in [-0.2, -0.15) is 0 Å². The average molecular weight is 177 g/mol. The fourth-order valence-electron chi connectivity index (χ4n) is 0.508.